The van der Waals surface area contributed by atoms with Gasteiger partial charge < -0.3 is 15.3 Å². The van der Waals surface area contributed by atoms with Gasteiger partial charge in [0.05, 0.1) is 6.61 Å². The number of hydrogen-bond donors (Lipinski definition) is 2. The van der Waals surface area contributed by atoms with Crippen LogP contribution in [0.1, 0.15) is 23.2 Å². The minimum atomic E-state index is -0.132. The zero-order chi connectivity index (χ0) is 12.1. The van der Waals surface area contributed by atoms with Crippen molar-refractivity contribution >= 4 is 11.6 Å². The minimum absolute atomic E-state index is 0.0302. The Morgan fingerprint density at radius 2 is 1.88 bits per heavy atom. The van der Waals surface area contributed by atoms with E-state index in [-0.39, 0.29) is 12.5 Å². The summed E-state index contributed by atoms with van der Waals surface area (Å²) in [6.07, 6.45) is 2.50. The Morgan fingerprint density at radius 3 is 2.47 bits per heavy atom. The lowest BCUT2D eigenvalue weighted by Crippen LogP contribution is -2.26. The molecule has 0 atom stereocenters. The molecule has 1 aromatic carbocycles. The fraction of sp³-hybridized carbons (Fsp3) is 0.462. The SMILES string of the molecule is O=C(NCCO)c1ccc(N2CCCC2)cc1. The first-order valence-electron chi connectivity index (χ1n) is 6.05. The van der Waals surface area contributed by atoms with Gasteiger partial charge in [-0.3, -0.25) is 4.79 Å². The summed E-state index contributed by atoms with van der Waals surface area (Å²) in [7, 11) is 0. The Morgan fingerprint density at radius 1 is 1.24 bits per heavy atom. The molecule has 1 aliphatic heterocycles. The molecule has 2 rings (SSSR count). The number of benzene rings is 1. The first kappa shape index (κ1) is 11.9. The third-order valence-electron chi connectivity index (χ3n) is 3.00. The number of carbonyl (C=O) groups excluding carboxylic acids is 1. The second kappa shape index (κ2) is 5.68. The van der Waals surface area contributed by atoms with Crippen molar-refractivity contribution < 1.29 is 9.90 Å². The maximum atomic E-state index is 11.6. The number of amides is 1. The minimum Gasteiger partial charge on any atom is -0.395 e. The van der Waals surface area contributed by atoms with Crippen molar-refractivity contribution in [3.8, 4) is 0 Å². The van der Waals surface area contributed by atoms with E-state index in [1.807, 2.05) is 24.3 Å². The fourth-order valence-electron chi connectivity index (χ4n) is 2.07. The molecule has 1 saturated heterocycles. The molecule has 0 bridgehead atoms. The van der Waals surface area contributed by atoms with E-state index in [9.17, 15) is 4.79 Å². The summed E-state index contributed by atoms with van der Waals surface area (Å²) in [5, 5.41) is 11.3. The average molecular weight is 234 g/mol. The van der Waals surface area contributed by atoms with Crippen LogP contribution in [0.2, 0.25) is 0 Å². The van der Waals surface area contributed by atoms with Crippen LogP contribution in [0.5, 0.6) is 0 Å². The average Bonchev–Trinajstić information content (AvgIpc) is 2.90. The van der Waals surface area contributed by atoms with Gasteiger partial charge in [0.1, 0.15) is 0 Å². The van der Waals surface area contributed by atoms with E-state index in [1.54, 1.807) is 0 Å². The standard InChI is InChI=1S/C13H18N2O2/c16-10-7-14-13(17)11-3-5-12(6-4-11)15-8-1-2-9-15/h3-6,16H,1-2,7-10H2,(H,14,17). The number of anilines is 1. The molecule has 0 aromatic heterocycles. The number of aliphatic hydroxyl groups is 1. The Balaban J connectivity index is 1.99. The third-order valence-corrected chi connectivity index (χ3v) is 3.00. The molecule has 1 aliphatic rings. The van der Waals surface area contributed by atoms with Gasteiger partial charge in [0.2, 0.25) is 0 Å². The monoisotopic (exact) mass is 234 g/mol. The van der Waals surface area contributed by atoms with Gasteiger partial charge in [-0.05, 0) is 37.1 Å². The first-order chi connectivity index (χ1) is 8.31. The van der Waals surface area contributed by atoms with E-state index in [1.165, 1.54) is 18.5 Å². The van der Waals surface area contributed by atoms with Crippen molar-refractivity contribution in [1.82, 2.24) is 5.32 Å². The van der Waals surface area contributed by atoms with Gasteiger partial charge in [-0.15, -0.1) is 0 Å². The summed E-state index contributed by atoms with van der Waals surface area (Å²) in [4.78, 5) is 13.9. The molecule has 0 aliphatic carbocycles. The van der Waals surface area contributed by atoms with Crippen LogP contribution in [0, 0.1) is 0 Å². The molecule has 1 amide bonds. The molecular formula is C13H18N2O2. The zero-order valence-electron chi connectivity index (χ0n) is 9.85. The summed E-state index contributed by atoms with van der Waals surface area (Å²) in [5.74, 6) is -0.132. The second-order valence-electron chi connectivity index (χ2n) is 4.22. The molecule has 1 aromatic rings. The molecule has 0 unspecified atom stereocenters. The lowest BCUT2D eigenvalue weighted by molar-refractivity contribution is 0.0945. The molecular weight excluding hydrogens is 216 g/mol. The molecule has 92 valence electrons. The Hall–Kier alpha value is -1.55. The quantitative estimate of drug-likeness (QED) is 0.817. The predicted molar refractivity (Wildman–Crippen MR) is 67.3 cm³/mol. The Kier molecular flexibility index (Phi) is 3.98. The van der Waals surface area contributed by atoms with Crippen LogP contribution in [-0.4, -0.2) is 37.3 Å². The maximum Gasteiger partial charge on any atom is 0.251 e. The van der Waals surface area contributed by atoms with Crippen LogP contribution < -0.4 is 10.2 Å². The lowest BCUT2D eigenvalue weighted by Gasteiger charge is -2.17. The van der Waals surface area contributed by atoms with Crippen LogP contribution in [-0.2, 0) is 0 Å². The van der Waals surface area contributed by atoms with Crippen molar-refractivity contribution in [1.29, 1.82) is 0 Å². The highest BCUT2D eigenvalue weighted by atomic mass is 16.3. The van der Waals surface area contributed by atoms with E-state index in [4.69, 9.17) is 5.11 Å². The molecule has 1 fully saturated rings. The summed E-state index contributed by atoms with van der Waals surface area (Å²) >= 11 is 0. The molecule has 1 heterocycles. The molecule has 0 radical (unpaired) electrons. The fourth-order valence-corrected chi connectivity index (χ4v) is 2.07. The van der Waals surface area contributed by atoms with Crippen LogP contribution in [0.25, 0.3) is 0 Å². The van der Waals surface area contributed by atoms with Gasteiger partial charge in [0.15, 0.2) is 0 Å². The van der Waals surface area contributed by atoms with Gasteiger partial charge in [-0.2, -0.15) is 0 Å². The summed E-state index contributed by atoms with van der Waals surface area (Å²) in [6.45, 7) is 2.48. The van der Waals surface area contributed by atoms with Crippen LogP contribution >= 0.6 is 0 Å². The molecule has 17 heavy (non-hydrogen) atoms. The predicted octanol–water partition coefficient (Wildman–Crippen LogP) is 1.01. The van der Waals surface area contributed by atoms with Crippen LogP contribution in [0.4, 0.5) is 5.69 Å². The van der Waals surface area contributed by atoms with Crippen molar-refractivity contribution in [2.75, 3.05) is 31.1 Å². The summed E-state index contributed by atoms with van der Waals surface area (Å²) < 4.78 is 0. The molecule has 0 spiro atoms. The van der Waals surface area contributed by atoms with E-state index >= 15 is 0 Å². The van der Waals surface area contributed by atoms with E-state index in [0.717, 1.165) is 13.1 Å². The van der Waals surface area contributed by atoms with Crippen molar-refractivity contribution in [3.63, 3.8) is 0 Å². The maximum absolute atomic E-state index is 11.6. The Bertz CT molecular complexity index is 370. The molecule has 4 nitrogen and oxygen atoms in total. The van der Waals surface area contributed by atoms with Gasteiger partial charge >= 0.3 is 0 Å². The van der Waals surface area contributed by atoms with Crippen molar-refractivity contribution in [3.05, 3.63) is 29.8 Å². The van der Waals surface area contributed by atoms with Crippen LogP contribution in [0.3, 0.4) is 0 Å². The van der Waals surface area contributed by atoms with E-state index < -0.39 is 0 Å². The number of hydrogen-bond acceptors (Lipinski definition) is 3. The second-order valence-corrected chi connectivity index (χ2v) is 4.22. The number of nitrogens with zero attached hydrogens (tertiary/aromatic N) is 1. The largest absolute Gasteiger partial charge is 0.395 e. The zero-order valence-corrected chi connectivity index (χ0v) is 9.85. The first-order valence-corrected chi connectivity index (χ1v) is 6.05. The normalized spacial score (nSPS) is 15.0. The van der Waals surface area contributed by atoms with Gasteiger partial charge in [-0.25, -0.2) is 0 Å². The summed E-state index contributed by atoms with van der Waals surface area (Å²) in [5.41, 5.74) is 1.82. The van der Waals surface area contributed by atoms with Crippen molar-refractivity contribution in [2.45, 2.75) is 12.8 Å². The number of rotatable bonds is 4. The van der Waals surface area contributed by atoms with Gasteiger partial charge in [-0.1, -0.05) is 0 Å². The highest BCUT2D eigenvalue weighted by molar-refractivity contribution is 5.94. The Labute approximate surface area is 101 Å². The van der Waals surface area contributed by atoms with Gasteiger partial charge in [0, 0.05) is 30.9 Å². The van der Waals surface area contributed by atoms with E-state index in [0.29, 0.717) is 12.1 Å². The number of carbonyl (C=O) groups is 1. The number of nitrogens with one attached hydrogen (secondary N) is 1. The van der Waals surface area contributed by atoms with Crippen molar-refractivity contribution in [2.24, 2.45) is 0 Å². The molecule has 0 saturated carbocycles. The number of aliphatic hydroxyl groups excluding tert-OH is 1. The third kappa shape index (κ3) is 2.97. The van der Waals surface area contributed by atoms with Gasteiger partial charge in [0.25, 0.3) is 5.91 Å². The molecule has 2 N–H and O–H groups in total. The summed E-state index contributed by atoms with van der Waals surface area (Å²) in [6, 6.07) is 7.64. The van der Waals surface area contributed by atoms with E-state index in [2.05, 4.69) is 10.2 Å². The highest BCUT2D eigenvalue weighted by Crippen LogP contribution is 2.20. The van der Waals surface area contributed by atoms with Crippen LogP contribution in [0.15, 0.2) is 24.3 Å². The molecule has 4 heteroatoms. The highest BCUT2D eigenvalue weighted by Gasteiger charge is 2.12. The lowest BCUT2D eigenvalue weighted by atomic mass is 10.2. The topological polar surface area (TPSA) is 52.6 Å². The smallest absolute Gasteiger partial charge is 0.251 e.